The molecule has 168 valence electrons. The lowest BCUT2D eigenvalue weighted by Gasteiger charge is -2.35. The van der Waals surface area contributed by atoms with E-state index in [4.69, 9.17) is 14.0 Å². The Hall–Kier alpha value is -3.62. The number of rotatable bonds is 7. The number of para-hydroxylation sites is 2. The summed E-state index contributed by atoms with van der Waals surface area (Å²) in [6.07, 6.45) is 1.75. The molecular formula is C23H27N5O4. The average molecular weight is 438 g/mol. The Morgan fingerprint density at radius 3 is 2.47 bits per heavy atom. The topological polar surface area (TPSA) is 93.8 Å². The molecule has 1 aliphatic heterocycles. The Bertz CT molecular complexity index is 1040. The lowest BCUT2D eigenvalue weighted by Crippen LogP contribution is -2.50. The summed E-state index contributed by atoms with van der Waals surface area (Å²) < 4.78 is 16.2. The third-order valence-corrected chi connectivity index (χ3v) is 5.32. The van der Waals surface area contributed by atoms with Gasteiger partial charge < -0.3 is 23.8 Å². The maximum absolute atomic E-state index is 12.6. The van der Waals surface area contributed by atoms with Crippen molar-refractivity contribution in [3.63, 3.8) is 0 Å². The molecule has 1 saturated heterocycles. The molecule has 32 heavy (non-hydrogen) atoms. The number of hydrogen-bond acceptors (Lipinski definition) is 8. The number of benzene rings is 1. The van der Waals surface area contributed by atoms with Crippen LogP contribution in [0, 0.1) is 0 Å². The number of piperazine rings is 1. The molecule has 0 aliphatic carbocycles. The fourth-order valence-electron chi connectivity index (χ4n) is 3.45. The molecule has 9 heteroatoms. The Labute approximate surface area is 187 Å². The van der Waals surface area contributed by atoms with Crippen LogP contribution in [-0.2, 0) is 4.79 Å². The van der Waals surface area contributed by atoms with E-state index in [1.165, 1.54) is 0 Å². The molecule has 0 N–H and O–H groups in total. The van der Waals surface area contributed by atoms with Crippen LogP contribution in [0.15, 0.2) is 47.1 Å². The molecular weight excluding hydrogens is 410 g/mol. The van der Waals surface area contributed by atoms with Gasteiger partial charge in [-0.05, 0) is 24.3 Å². The van der Waals surface area contributed by atoms with Crippen LogP contribution in [0.5, 0.6) is 11.5 Å². The highest BCUT2D eigenvalue weighted by Gasteiger charge is 2.23. The van der Waals surface area contributed by atoms with Gasteiger partial charge in [0, 0.05) is 43.9 Å². The van der Waals surface area contributed by atoms with Gasteiger partial charge in [0.1, 0.15) is 5.82 Å². The second-order valence-electron chi connectivity index (χ2n) is 7.82. The largest absolute Gasteiger partial charge is 0.493 e. The summed E-state index contributed by atoms with van der Waals surface area (Å²) in [6.45, 7) is 6.62. The summed E-state index contributed by atoms with van der Waals surface area (Å²) in [4.78, 5) is 25.5. The highest BCUT2D eigenvalue weighted by molar-refractivity contribution is 5.78. The Morgan fingerprint density at radius 1 is 1.09 bits per heavy atom. The maximum atomic E-state index is 12.6. The molecule has 1 fully saturated rings. The van der Waals surface area contributed by atoms with Crippen molar-refractivity contribution in [3.05, 3.63) is 48.5 Å². The monoisotopic (exact) mass is 437 g/mol. The standard InChI is InChI=1S/C23H27N5O4/c1-16(2)23-25-22(26-32-23)17-8-9-20(24-14-17)27-10-12-28(13-11-27)21(29)15-31-19-7-5-4-6-18(19)30-3/h4-9,14,16H,10-13,15H2,1-3H3. The van der Waals surface area contributed by atoms with Crippen LogP contribution >= 0.6 is 0 Å². The first-order chi connectivity index (χ1) is 15.5. The molecule has 0 atom stereocenters. The van der Waals surface area contributed by atoms with E-state index < -0.39 is 0 Å². The Kier molecular flexibility index (Phi) is 6.53. The minimum atomic E-state index is -0.0445. The molecule has 1 aliphatic rings. The minimum Gasteiger partial charge on any atom is -0.493 e. The van der Waals surface area contributed by atoms with Gasteiger partial charge in [0.15, 0.2) is 18.1 Å². The van der Waals surface area contributed by atoms with Crippen molar-refractivity contribution < 1.29 is 18.8 Å². The first-order valence-electron chi connectivity index (χ1n) is 10.6. The number of methoxy groups -OCH3 is 1. The van der Waals surface area contributed by atoms with E-state index >= 15 is 0 Å². The molecule has 9 nitrogen and oxygen atoms in total. The van der Waals surface area contributed by atoms with Gasteiger partial charge in [-0.3, -0.25) is 4.79 Å². The molecule has 2 aromatic heterocycles. The fourth-order valence-corrected chi connectivity index (χ4v) is 3.45. The molecule has 1 aromatic carbocycles. The summed E-state index contributed by atoms with van der Waals surface area (Å²) in [7, 11) is 1.58. The number of nitrogens with zero attached hydrogens (tertiary/aromatic N) is 5. The number of carbonyl (C=O) groups is 1. The third-order valence-electron chi connectivity index (χ3n) is 5.32. The van der Waals surface area contributed by atoms with Crippen molar-refractivity contribution in [2.24, 2.45) is 0 Å². The minimum absolute atomic E-state index is 0.0175. The summed E-state index contributed by atoms with van der Waals surface area (Å²) in [6, 6.07) is 11.2. The first-order valence-corrected chi connectivity index (χ1v) is 10.6. The molecule has 0 radical (unpaired) electrons. The summed E-state index contributed by atoms with van der Waals surface area (Å²) in [5, 5.41) is 4.03. The normalized spacial score (nSPS) is 14.0. The number of anilines is 1. The second kappa shape index (κ2) is 9.67. The van der Waals surface area contributed by atoms with Crippen LogP contribution in [0.1, 0.15) is 25.7 Å². The fraction of sp³-hybridized carbons (Fsp3) is 0.391. The number of carbonyl (C=O) groups excluding carboxylic acids is 1. The van der Waals surface area contributed by atoms with Gasteiger partial charge in [0.05, 0.1) is 7.11 Å². The van der Waals surface area contributed by atoms with Crippen molar-refractivity contribution in [1.82, 2.24) is 20.0 Å². The number of pyridine rings is 1. The molecule has 0 saturated carbocycles. The predicted octanol–water partition coefficient (Wildman–Crippen LogP) is 2.99. The van der Waals surface area contributed by atoms with Crippen molar-refractivity contribution in [3.8, 4) is 22.9 Å². The zero-order valence-electron chi connectivity index (χ0n) is 18.5. The van der Waals surface area contributed by atoms with Crippen molar-refractivity contribution in [2.75, 3.05) is 44.8 Å². The van der Waals surface area contributed by atoms with Crippen molar-refractivity contribution in [2.45, 2.75) is 19.8 Å². The molecule has 3 heterocycles. The van der Waals surface area contributed by atoms with E-state index in [0.29, 0.717) is 49.4 Å². The first kappa shape index (κ1) is 21.6. The van der Waals surface area contributed by atoms with E-state index in [1.54, 1.807) is 25.4 Å². The second-order valence-corrected chi connectivity index (χ2v) is 7.82. The molecule has 3 aromatic rings. The molecule has 0 bridgehead atoms. The van der Waals surface area contributed by atoms with Gasteiger partial charge in [-0.1, -0.05) is 31.1 Å². The summed E-state index contributed by atoms with van der Waals surface area (Å²) in [5.41, 5.74) is 0.812. The molecule has 0 spiro atoms. The Morgan fingerprint density at radius 2 is 1.84 bits per heavy atom. The lowest BCUT2D eigenvalue weighted by atomic mass is 10.2. The quantitative estimate of drug-likeness (QED) is 0.557. The van der Waals surface area contributed by atoms with Crippen molar-refractivity contribution in [1.29, 1.82) is 0 Å². The van der Waals surface area contributed by atoms with Crippen LogP contribution in [0.2, 0.25) is 0 Å². The lowest BCUT2D eigenvalue weighted by molar-refractivity contribution is -0.133. The predicted molar refractivity (Wildman–Crippen MR) is 119 cm³/mol. The Balaban J connectivity index is 1.29. The van der Waals surface area contributed by atoms with Crippen LogP contribution in [0.4, 0.5) is 5.82 Å². The molecule has 1 amide bonds. The van der Waals surface area contributed by atoms with Crippen LogP contribution < -0.4 is 14.4 Å². The van der Waals surface area contributed by atoms with E-state index in [1.807, 2.05) is 43.0 Å². The number of amides is 1. The van der Waals surface area contributed by atoms with Gasteiger partial charge in [-0.2, -0.15) is 4.98 Å². The average Bonchev–Trinajstić information content (AvgIpc) is 3.34. The number of hydrogen-bond donors (Lipinski definition) is 0. The van der Waals surface area contributed by atoms with Crippen LogP contribution in [-0.4, -0.2) is 65.8 Å². The zero-order chi connectivity index (χ0) is 22.5. The number of aromatic nitrogens is 3. The summed E-state index contributed by atoms with van der Waals surface area (Å²) >= 11 is 0. The van der Waals surface area contributed by atoms with Gasteiger partial charge in [-0.25, -0.2) is 4.98 Å². The van der Waals surface area contributed by atoms with E-state index in [-0.39, 0.29) is 18.4 Å². The van der Waals surface area contributed by atoms with Crippen LogP contribution in [0.3, 0.4) is 0 Å². The van der Waals surface area contributed by atoms with E-state index in [2.05, 4.69) is 20.0 Å². The SMILES string of the molecule is COc1ccccc1OCC(=O)N1CCN(c2ccc(-c3noc(C(C)C)n3)cn2)CC1. The molecule has 0 unspecified atom stereocenters. The van der Waals surface area contributed by atoms with E-state index in [9.17, 15) is 4.79 Å². The third kappa shape index (κ3) is 4.82. The summed E-state index contributed by atoms with van der Waals surface area (Å²) in [5.74, 6) is 3.32. The van der Waals surface area contributed by atoms with Gasteiger partial charge >= 0.3 is 0 Å². The zero-order valence-corrected chi connectivity index (χ0v) is 18.5. The number of ether oxygens (including phenoxy) is 2. The van der Waals surface area contributed by atoms with Crippen molar-refractivity contribution >= 4 is 11.7 Å². The van der Waals surface area contributed by atoms with Gasteiger partial charge in [-0.15, -0.1) is 0 Å². The highest BCUT2D eigenvalue weighted by atomic mass is 16.5. The smallest absolute Gasteiger partial charge is 0.260 e. The maximum Gasteiger partial charge on any atom is 0.260 e. The van der Waals surface area contributed by atoms with Gasteiger partial charge in [0.25, 0.3) is 5.91 Å². The highest BCUT2D eigenvalue weighted by Crippen LogP contribution is 2.26. The van der Waals surface area contributed by atoms with Gasteiger partial charge in [0.2, 0.25) is 11.7 Å². The molecule has 4 rings (SSSR count). The van der Waals surface area contributed by atoms with E-state index in [0.717, 1.165) is 11.4 Å². The van der Waals surface area contributed by atoms with Crippen LogP contribution in [0.25, 0.3) is 11.4 Å².